The number of carbonyl (C=O) groups is 2. The lowest BCUT2D eigenvalue weighted by atomic mass is 9.86. The summed E-state index contributed by atoms with van der Waals surface area (Å²) in [6, 6.07) is 11.6. The molecule has 3 aliphatic rings. The van der Waals surface area contributed by atoms with E-state index in [4.69, 9.17) is 0 Å². The zero-order valence-corrected chi connectivity index (χ0v) is 14.8. The summed E-state index contributed by atoms with van der Waals surface area (Å²) in [5.74, 6) is 1.05. The Hall–Kier alpha value is -2.76. The van der Waals surface area contributed by atoms with Gasteiger partial charge in [0.05, 0.1) is 12.1 Å². The number of piperazine rings is 1. The second-order valence-corrected chi connectivity index (χ2v) is 7.06. The molecule has 0 N–H and O–H groups in total. The molecule has 5 rings (SSSR count). The second-order valence-electron chi connectivity index (χ2n) is 7.06. The summed E-state index contributed by atoms with van der Waals surface area (Å²) in [6.07, 6.45) is 3.18. The number of nitrogens with zero attached hydrogens (tertiary/aromatic N) is 4. The van der Waals surface area contributed by atoms with Gasteiger partial charge in [-0.05, 0) is 13.3 Å². The first-order valence-electron chi connectivity index (χ1n) is 9.05. The van der Waals surface area contributed by atoms with Gasteiger partial charge in [-0.1, -0.05) is 30.3 Å². The summed E-state index contributed by atoms with van der Waals surface area (Å²) in [4.78, 5) is 37.5. The molecule has 3 saturated heterocycles. The van der Waals surface area contributed by atoms with Gasteiger partial charge >= 0.3 is 0 Å². The fourth-order valence-electron chi connectivity index (χ4n) is 3.94. The maximum absolute atomic E-state index is 12.6. The number of ketones is 1. The fraction of sp³-hybridized carbons (Fsp3) is 0.400. The lowest BCUT2D eigenvalue weighted by molar-refractivity contribution is -0.146. The molecule has 4 heterocycles. The van der Waals surface area contributed by atoms with E-state index < -0.39 is 0 Å². The Morgan fingerprint density at radius 2 is 1.81 bits per heavy atom. The summed E-state index contributed by atoms with van der Waals surface area (Å²) < 4.78 is 0. The highest BCUT2D eigenvalue weighted by Gasteiger charge is 2.47. The summed E-state index contributed by atoms with van der Waals surface area (Å²) in [5, 5.41) is 0. The Bertz CT molecular complexity index is 812. The third-order valence-corrected chi connectivity index (χ3v) is 5.26. The first-order valence-corrected chi connectivity index (χ1v) is 9.05. The number of hydrogen-bond acceptors (Lipinski definition) is 5. The van der Waals surface area contributed by atoms with Gasteiger partial charge in [-0.3, -0.25) is 9.59 Å². The number of rotatable bonds is 5. The van der Waals surface area contributed by atoms with E-state index in [1.807, 2.05) is 36.1 Å². The van der Waals surface area contributed by atoms with Crippen molar-refractivity contribution in [3.05, 3.63) is 54.0 Å². The fourth-order valence-corrected chi connectivity index (χ4v) is 3.94. The van der Waals surface area contributed by atoms with Crippen molar-refractivity contribution in [3.8, 4) is 0 Å². The predicted molar refractivity (Wildman–Crippen MR) is 98.0 cm³/mol. The van der Waals surface area contributed by atoms with Crippen LogP contribution in [0.4, 0.5) is 5.82 Å². The lowest BCUT2D eigenvalue weighted by Gasteiger charge is -2.56. The maximum atomic E-state index is 12.6. The Morgan fingerprint density at radius 1 is 1.08 bits per heavy atom. The number of aryl methyl sites for hydroxylation is 1. The van der Waals surface area contributed by atoms with E-state index in [-0.39, 0.29) is 36.6 Å². The lowest BCUT2D eigenvalue weighted by Crippen LogP contribution is -2.70. The summed E-state index contributed by atoms with van der Waals surface area (Å²) in [7, 11) is 0. The number of piperidine rings is 1. The highest BCUT2D eigenvalue weighted by molar-refractivity contribution is 5.98. The van der Waals surface area contributed by atoms with Gasteiger partial charge in [0.2, 0.25) is 5.91 Å². The molecule has 1 aromatic carbocycles. The Morgan fingerprint density at radius 3 is 2.50 bits per heavy atom. The van der Waals surface area contributed by atoms with Gasteiger partial charge in [-0.15, -0.1) is 0 Å². The maximum Gasteiger partial charge on any atom is 0.223 e. The Kier molecular flexibility index (Phi) is 4.41. The molecule has 0 radical (unpaired) electrons. The number of amides is 1. The highest BCUT2D eigenvalue weighted by Crippen LogP contribution is 2.34. The van der Waals surface area contributed by atoms with Crippen molar-refractivity contribution in [2.75, 3.05) is 18.0 Å². The Balaban J connectivity index is 1.33. The molecule has 2 bridgehead atoms. The molecule has 0 aliphatic carbocycles. The van der Waals surface area contributed by atoms with E-state index in [9.17, 15) is 9.59 Å². The molecule has 1 amide bonds. The summed E-state index contributed by atoms with van der Waals surface area (Å²) in [5.41, 5.74) is 1.62. The van der Waals surface area contributed by atoms with Crippen LogP contribution in [-0.2, 0) is 4.79 Å². The molecule has 134 valence electrons. The summed E-state index contributed by atoms with van der Waals surface area (Å²) >= 11 is 0. The molecule has 2 aromatic rings. The molecular formula is C20H22N4O2. The number of fused-ring (bicyclic) bond motifs is 2. The molecule has 2 atom stereocenters. The molecule has 6 nitrogen and oxygen atoms in total. The zero-order valence-electron chi connectivity index (χ0n) is 14.8. The SMILES string of the molecule is Cc1cc(N2CC3CC(C2)N3C(=O)CCC(=O)c2ccccc2)ncn1. The zero-order chi connectivity index (χ0) is 18.1. The van der Waals surface area contributed by atoms with Crippen LogP contribution in [0.2, 0.25) is 0 Å². The monoisotopic (exact) mass is 350 g/mol. The van der Waals surface area contributed by atoms with Gasteiger partial charge in [0.25, 0.3) is 0 Å². The molecule has 26 heavy (non-hydrogen) atoms. The normalized spacial score (nSPS) is 21.3. The van der Waals surface area contributed by atoms with Crippen LogP contribution in [0.5, 0.6) is 0 Å². The standard InChI is InChI=1S/C20H22N4O2/c1-14-9-19(22-13-21-14)23-11-16-10-17(12-23)24(16)20(26)8-7-18(25)15-5-3-2-4-6-15/h2-6,9,13,16-17H,7-8,10-12H2,1H3. The van der Waals surface area contributed by atoms with Crippen molar-refractivity contribution in [2.24, 2.45) is 0 Å². The van der Waals surface area contributed by atoms with Crippen molar-refractivity contribution in [1.29, 1.82) is 0 Å². The van der Waals surface area contributed by atoms with Crippen molar-refractivity contribution < 1.29 is 9.59 Å². The number of anilines is 1. The molecule has 1 aromatic heterocycles. The van der Waals surface area contributed by atoms with Crippen LogP contribution < -0.4 is 4.90 Å². The average molecular weight is 350 g/mol. The van der Waals surface area contributed by atoms with E-state index in [0.29, 0.717) is 5.56 Å². The van der Waals surface area contributed by atoms with Gasteiger partial charge in [-0.25, -0.2) is 9.97 Å². The first kappa shape index (κ1) is 16.7. The first-order chi connectivity index (χ1) is 12.6. The van der Waals surface area contributed by atoms with Crippen LogP contribution in [0.1, 0.15) is 35.3 Å². The Labute approximate surface area is 152 Å². The molecule has 3 fully saturated rings. The topological polar surface area (TPSA) is 66.4 Å². The van der Waals surface area contributed by atoms with Crippen LogP contribution in [0, 0.1) is 6.92 Å². The molecule has 0 spiro atoms. The van der Waals surface area contributed by atoms with Crippen LogP contribution in [0.25, 0.3) is 0 Å². The van der Waals surface area contributed by atoms with Crippen LogP contribution in [0.3, 0.4) is 0 Å². The number of carbonyl (C=O) groups excluding carboxylic acids is 2. The number of benzene rings is 1. The smallest absolute Gasteiger partial charge is 0.223 e. The highest BCUT2D eigenvalue weighted by atomic mass is 16.2. The molecular weight excluding hydrogens is 328 g/mol. The van der Waals surface area contributed by atoms with Gasteiger partial charge in [0, 0.05) is 43.3 Å². The van der Waals surface area contributed by atoms with E-state index in [1.54, 1.807) is 18.5 Å². The number of hydrogen-bond donors (Lipinski definition) is 0. The van der Waals surface area contributed by atoms with Crippen molar-refractivity contribution in [3.63, 3.8) is 0 Å². The third kappa shape index (κ3) is 3.19. The van der Waals surface area contributed by atoms with Gasteiger partial charge in [0.1, 0.15) is 12.1 Å². The van der Waals surface area contributed by atoms with Crippen LogP contribution in [-0.4, -0.2) is 51.7 Å². The van der Waals surface area contributed by atoms with Gasteiger partial charge < -0.3 is 9.80 Å². The van der Waals surface area contributed by atoms with E-state index in [1.165, 1.54) is 0 Å². The third-order valence-electron chi connectivity index (χ3n) is 5.26. The van der Waals surface area contributed by atoms with Crippen molar-refractivity contribution in [2.45, 2.75) is 38.3 Å². The molecule has 6 heteroatoms. The van der Waals surface area contributed by atoms with Crippen LogP contribution in [0.15, 0.2) is 42.7 Å². The number of Topliss-reactive ketones (excluding diaryl/α,β-unsaturated/α-hetero) is 1. The minimum absolute atomic E-state index is 0.0303. The minimum Gasteiger partial charge on any atom is -0.352 e. The average Bonchev–Trinajstić information content (AvgIpc) is 2.67. The largest absolute Gasteiger partial charge is 0.352 e. The molecule has 0 saturated carbocycles. The quantitative estimate of drug-likeness (QED) is 0.774. The predicted octanol–water partition coefficient (Wildman–Crippen LogP) is 2.24. The molecule has 2 unspecified atom stereocenters. The van der Waals surface area contributed by atoms with Gasteiger partial charge in [0.15, 0.2) is 5.78 Å². The van der Waals surface area contributed by atoms with Gasteiger partial charge in [-0.2, -0.15) is 0 Å². The van der Waals surface area contributed by atoms with Crippen molar-refractivity contribution >= 4 is 17.5 Å². The van der Waals surface area contributed by atoms with Crippen LogP contribution >= 0.6 is 0 Å². The van der Waals surface area contributed by atoms with E-state index in [2.05, 4.69) is 14.9 Å². The van der Waals surface area contributed by atoms with E-state index >= 15 is 0 Å². The van der Waals surface area contributed by atoms with Crippen molar-refractivity contribution in [1.82, 2.24) is 14.9 Å². The second kappa shape index (κ2) is 6.86. The number of aromatic nitrogens is 2. The van der Waals surface area contributed by atoms with E-state index in [0.717, 1.165) is 31.0 Å². The summed E-state index contributed by atoms with van der Waals surface area (Å²) in [6.45, 7) is 3.55. The minimum atomic E-state index is 0.0303. The molecule has 3 aliphatic heterocycles.